The van der Waals surface area contributed by atoms with Crippen molar-refractivity contribution >= 4 is 5.91 Å². The van der Waals surface area contributed by atoms with Gasteiger partial charge in [0.05, 0.1) is 0 Å². The van der Waals surface area contributed by atoms with E-state index in [9.17, 15) is 4.79 Å². The number of benzene rings is 1. The molecular weight excluding hydrogens is 294 g/mol. The number of rotatable bonds is 5. The van der Waals surface area contributed by atoms with Crippen molar-refractivity contribution in [1.29, 1.82) is 0 Å². The predicted octanol–water partition coefficient (Wildman–Crippen LogP) is 2.65. The van der Waals surface area contributed by atoms with Gasteiger partial charge in [-0.1, -0.05) is 30.1 Å². The predicted molar refractivity (Wildman–Crippen MR) is 84.0 cm³/mol. The lowest BCUT2D eigenvalue weighted by Crippen LogP contribution is -2.46. The molecule has 0 unspecified atom stereocenters. The van der Waals surface area contributed by atoms with E-state index in [2.05, 4.69) is 15.5 Å². The molecule has 1 fully saturated rings. The molecule has 1 aromatic heterocycles. The van der Waals surface area contributed by atoms with E-state index in [1.54, 1.807) is 6.92 Å². The van der Waals surface area contributed by atoms with E-state index >= 15 is 0 Å². The fourth-order valence-corrected chi connectivity index (χ4v) is 3.03. The summed E-state index contributed by atoms with van der Waals surface area (Å²) >= 11 is 0. The normalized spacial score (nSPS) is 16.3. The van der Waals surface area contributed by atoms with Crippen LogP contribution in [0.3, 0.4) is 0 Å². The van der Waals surface area contributed by atoms with E-state index in [-0.39, 0.29) is 12.5 Å². The Morgan fingerprint density at radius 1 is 1.35 bits per heavy atom. The Labute approximate surface area is 135 Å². The molecule has 122 valence electrons. The van der Waals surface area contributed by atoms with Crippen LogP contribution >= 0.6 is 0 Å². The molecule has 1 aliphatic carbocycles. The van der Waals surface area contributed by atoms with Gasteiger partial charge in [0.1, 0.15) is 11.3 Å². The summed E-state index contributed by atoms with van der Waals surface area (Å²) in [6.07, 6.45) is 3.71. The zero-order valence-electron chi connectivity index (χ0n) is 13.5. The number of hydrogen-bond donors (Lipinski definition) is 1. The maximum atomic E-state index is 12.3. The lowest BCUT2D eigenvalue weighted by molar-refractivity contribution is -0.125. The second-order valence-corrected chi connectivity index (χ2v) is 6.08. The Kier molecular flexibility index (Phi) is 4.32. The van der Waals surface area contributed by atoms with E-state index in [0.29, 0.717) is 17.5 Å². The summed E-state index contributed by atoms with van der Waals surface area (Å²) < 4.78 is 10.7. The van der Waals surface area contributed by atoms with E-state index in [4.69, 9.17) is 9.26 Å². The van der Waals surface area contributed by atoms with Gasteiger partial charge in [-0.3, -0.25) is 4.79 Å². The van der Waals surface area contributed by atoms with E-state index in [1.165, 1.54) is 0 Å². The number of hydrogen-bond acceptors (Lipinski definition) is 5. The molecule has 6 heteroatoms. The molecule has 2 aromatic rings. The highest BCUT2D eigenvalue weighted by Gasteiger charge is 2.41. The van der Waals surface area contributed by atoms with Gasteiger partial charge in [-0.05, 0) is 37.5 Å². The molecular formula is C17H21N3O3. The summed E-state index contributed by atoms with van der Waals surface area (Å²) in [4.78, 5) is 16.6. The van der Waals surface area contributed by atoms with Crippen LogP contribution in [0.15, 0.2) is 28.8 Å². The van der Waals surface area contributed by atoms with Crippen LogP contribution in [0.1, 0.15) is 43.0 Å². The molecule has 1 aliphatic rings. The smallest absolute Gasteiger partial charge is 0.258 e. The highest BCUT2D eigenvalue weighted by Crippen LogP contribution is 2.37. The van der Waals surface area contributed by atoms with Gasteiger partial charge >= 0.3 is 0 Å². The molecule has 1 N–H and O–H groups in total. The van der Waals surface area contributed by atoms with Crippen LogP contribution in [-0.4, -0.2) is 22.7 Å². The molecule has 23 heavy (non-hydrogen) atoms. The van der Waals surface area contributed by atoms with Gasteiger partial charge in [0.2, 0.25) is 5.89 Å². The molecule has 0 aliphatic heterocycles. The summed E-state index contributed by atoms with van der Waals surface area (Å²) in [6, 6.07) is 7.64. The Bertz CT molecular complexity index is 690. The summed E-state index contributed by atoms with van der Waals surface area (Å²) in [5, 5.41) is 7.07. The van der Waals surface area contributed by atoms with Gasteiger partial charge in [-0.2, -0.15) is 4.98 Å². The van der Waals surface area contributed by atoms with Crippen LogP contribution in [0.25, 0.3) is 0 Å². The van der Waals surface area contributed by atoms with Gasteiger partial charge in [0, 0.05) is 6.92 Å². The number of amides is 1. The zero-order valence-corrected chi connectivity index (χ0v) is 13.5. The molecule has 0 atom stereocenters. The minimum Gasteiger partial charge on any atom is -0.484 e. The fourth-order valence-electron chi connectivity index (χ4n) is 3.03. The first-order chi connectivity index (χ1) is 11.1. The lowest BCUT2D eigenvalue weighted by Gasteiger charge is -2.26. The number of nitrogens with one attached hydrogen (secondary N) is 1. The minimum atomic E-state index is -0.523. The van der Waals surface area contributed by atoms with Crippen molar-refractivity contribution in [3.05, 3.63) is 41.5 Å². The Balaban J connectivity index is 1.65. The first-order valence-corrected chi connectivity index (χ1v) is 7.89. The molecule has 0 bridgehead atoms. The van der Waals surface area contributed by atoms with Crippen molar-refractivity contribution in [3.63, 3.8) is 0 Å². The minimum absolute atomic E-state index is 0.0258. The van der Waals surface area contributed by atoms with Gasteiger partial charge in [-0.15, -0.1) is 0 Å². The Morgan fingerprint density at radius 2 is 2.13 bits per heavy atom. The van der Waals surface area contributed by atoms with Crippen molar-refractivity contribution in [2.45, 2.75) is 45.1 Å². The SMILES string of the molecule is Cc1cccc(OCC(=O)NC2(c3noc(C)n3)CCCC2)c1. The first kappa shape index (κ1) is 15.5. The van der Waals surface area contributed by atoms with Crippen LogP contribution in [-0.2, 0) is 10.3 Å². The number of aryl methyl sites for hydroxylation is 2. The average Bonchev–Trinajstić information content (AvgIpc) is 3.15. The monoisotopic (exact) mass is 315 g/mol. The molecule has 0 spiro atoms. The van der Waals surface area contributed by atoms with Crippen molar-refractivity contribution in [2.75, 3.05) is 6.61 Å². The highest BCUT2D eigenvalue weighted by atomic mass is 16.5. The van der Waals surface area contributed by atoms with Gasteiger partial charge in [0.25, 0.3) is 5.91 Å². The zero-order chi connectivity index (χ0) is 16.3. The number of carbonyl (C=O) groups is 1. The Morgan fingerprint density at radius 3 is 2.78 bits per heavy atom. The molecule has 1 heterocycles. The second kappa shape index (κ2) is 6.40. The van der Waals surface area contributed by atoms with Crippen molar-refractivity contribution in [1.82, 2.24) is 15.5 Å². The number of nitrogens with zero attached hydrogens (tertiary/aromatic N) is 2. The third-order valence-electron chi connectivity index (χ3n) is 4.15. The quantitative estimate of drug-likeness (QED) is 0.918. The topological polar surface area (TPSA) is 77.2 Å². The molecule has 0 radical (unpaired) electrons. The maximum absolute atomic E-state index is 12.3. The van der Waals surface area contributed by atoms with Gasteiger partial charge < -0.3 is 14.6 Å². The number of carbonyl (C=O) groups excluding carboxylic acids is 1. The third-order valence-corrected chi connectivity index (χ3v) is 4.15. The molecule has 3 rings (SSSR count). The number of aromatic nitrogens is 2. The van der Waals surface area contributed by atoms with Crippen molar-refractivity contribution < 1.29 is 14.1 Å². The van der Waals surface area contributed by atoms with E-state index < -0.39 is 5.54 Å². The van der Waals surface area contributed by atoms with Gasteiger partial charge in [0.15, 0.2) is 12.4 Å². The summed E-state index contributed by atoms with van der Waals surface area (Å²) in [5.41, 5.74) is 0.572. The summed E-state index contributed by atoms with van der Waals surface area (Å²) in [6.45, 7) is 3.71. The lowest BCUT2D eigenvalue weighted by atomic mass is 9.96. The average molecular weight is 315 g/mol. The molecule has 6 nitrogen and oxygen atoms in total. The largest absolute Gasteiger partial charge is 0.484 e. The first-order valence-electron chi connectivity index (χ1n) is 7.89. The van der Waals surface area contributed by atoms with Crippen LogP contribution in [0.5, 0.6) is 5.75 Å². The fraction of sp³-hybridized carbons (Fsp3) is 0.471. The highest BCUT2D eigenvalue weighted by molar-refractivity contribution is 5.78. The van der Waals surface area contributed by atoms with E-state index in [0.717, 1.165) is 31.2 Å². The maximum Gasteiger partial charge on any atom is 0.258 e. The van der Waals surface area contributed by atoms with Crippen LogP contribution in [0.2, 0.25) is 0 Å². The second-order valence-electron chi connectivity index (χ2n) is 6.08. The third kappa shape index (κ3) is 3.52. The van der Waals surface area contributed by atoms with Gasteiger partial charge in [-0.25, -0.2) is 0 Å². The Hall–Kier alpha value is -2.37. The molecule has 1 amide bonds. The van der Waals surface area contributed by atoms with Crippen molar-refractivity contribution in [2.24, 2.45) is 0 Å². The molecule has 1 aromatic carbocycles. The standard InChI is InChI=1S/C17H21N3O3/c1-12-6-5-7-14(10-12)22-11-15(21)19-17(8-3-4-9-17)16-18-13(2)23-20-16/h5-7,10H,3-4,8-9,11H2,1-2H3,(H,19,21). The summed E-state index contributed by atoms with van der Waals surface area (Å²) in [5.74, 6) is 1.60. The van der Waals surface area contributed by atoms with Crippen LogP contribution in [0, 0.1) is 13.8 Å². The van der Waals surface area contributed by atoms with Crippen molar-refractivity contribution in [3.8, 4) is 5.75 Å². The molecule has 1 saturated carbocycles. The van der Waals surface area contributed by atoms with Crippen LogP contribution in [0.4, 0.5) is 0 Å². The van der Waals surface area contributed by atoms with Crippen LogP contribution < -0.4 is 10.1 Å². The number of ether oxygens (including phenoxy) is 1. The summed E-state index contributed by atoms with van der Waals surface area (Å²) in [7, 11) is 0. The van der Waals surface area contributed by atoms with E-state index in [1.807, 2.05) is 31.2 Å². The molecule has 0 saturated heterocycles.